The number of hydrogen-bond acceptors (Lipinski definition) is 5. The number of phenolic OH excluding ortho intramolecular Hbond substituents is 1. The SMILES string of the molecule is COc1ccc(C2=NN3[C@H](C2)c2cc(Cl)ccc2O[C@@H]3c2cc(Cl)cc(Cl)c2O)cc1. The largest absolute Gasteiger partial charge is 0.506 e. The molecule has 8 heteroatoms. The van der Waals surface area contributed by atoms with E-state index in [-0.39, 0.29) is 16.8 Å². The van der Waals surface area contributed by atoms with Gasteiger partial charge in [-0.05, 0) is 60.2 Å². The lowest BCUT2D eigenvalue weighted by Gasteiger charge is -2.38. The summed E-state index contributed by atoms with van der Waals surface area (Å²) in [4.78, 5) is 0. The van der Waals surface area contributed by atoms with Gasteiger partial charge in [0.1, 0.15) is 17.2 Å². The summed E-state index contributed by atoms with van der Waals surface area (Å²) < 4.78 is 11.5. The minimum Gasteiger partial charge on any atom is -0.506 e. The van der Waals surface area contributed by atoms with Crippen molar-refractivity contribution in [2.75, 3.05) is 7.11 Å². The molecule has 0 aromatic heterocycles. The van der Waals surface area contributed by atoms with Gasteiger partial charge in [0, 0.05) is 22.0 Å². The number of halogens is 3. The highest BCUT2D eigenvalue weighted by Gasteiger charge is 2.42. The highest BCUT2D eigenvalue weighted by molar-refractivity contribution is 6.35. The maximum atomic E-state index is 10.6. The first-order valence-corrected chi connectivity index (χ1v) is 10.7. The number of hydrazone groups is 1. The number of fused-ring (bicyclic) bond motifs is 3. The van der Waals surface area contributed by atoms with E-state index in [1.165, 1.54) is 6.07 Å². The Morgan fingerprint density at radius 1 is 1.00 bits per heavy atom. The molecule has 0 aliphatic carbocycles. The second-order valence-corrected chi connectivity index (χ2v) is 8.63. The van der Waals surface area contributed by atoms with Gasteiger partial charge in [0.15, 0.2) is 0 Å². The Labute approximate surface area is 194 Å². The van der Waals surface area contributed by atoms with E-state index in [1.54, 1.807) is 19.2 Å². The lowest BCUT2D eigenvalue weighted by molar-refractivity contribution is -0.0203. The molecule has 2 heterocycles. The van der Waals surface area contributed by atoms with Crippen molar-refractivity contribution in [1.82, 2.24) is 5.01 Å². The summed E-state index contributed by atoms with van der Waals surface area (Å²) in [6, 6.07) is 16.3. The number of benzene rings is 3. The molecule has 1 N–H and O–H groups in total. The molecule has 2 aliphatic rings. The van der Waals surface area contributed by atoms with Crippen molar-refractivity contribution in [2.45, 2.75) is 18.7 Å². The Kier molecular flexibility index (Phi) is 5.13. The van der Waals surface area contributed by atoms with Crippen LogP contribution in [0.3, 0.4) is 0 Å². The highest BCUT2D eigenvalue weighted by Crippen LogP contribution is 2.50. The monoisotopic (exact) mass is 474 g/mol. The normalized spacial score (nSPS) is 19.4. The van der Waals surface area contributed by atoms with Crippen molar-refractivity contribution >= 4 is 40.5 Å². The van der Waals surface area contributed by atoms with Crippen molar-refractivity contribution in [3.8, 4) is 17.2 Å². The first kappa shape index (κ1) is 20.3. The molecule has 0 radical (unpaired) electrons. The number of ether oxygens (including phenoxy) is 2. The van der Waals surface area contributed by atoms with Crippen LogP contribution in [0, 0.1) is 0 Å². The molecule has 2 aliphatic heterocycles. The van der Waals surface area contributed by atoms with Crippen LogP contribution in [-0.4, -0.2) is 22.9 Å². The molecule has 158 valence electrons. The average molecular weight is 476 g/mol. The number of phenols is 1. The summed E-state index contributed by atoms with van der Waals surface area (Å²) in [7, 11) is 1.63. The van der Waals surface area contributed by atoms with Gasteiger partial charge in [-0.3, -0.25) is 0 Å². The Morgan fingerprint density at radius 3 is 2.48 bits per heavy atom. The van der Waals surface area contributed by atoms with Crippen LogP contribution >= 0.6 is 34.8 Å². The van der Waals surface area contributed by atoms with E-state index in [0.717, 1.165) is 22.6 Å². The second kappa shape index (κ2) is 7.83. The second-order valence-electron chi connectivity index (χ2n) is 7.35. The zero-order valence-electron chi connectivity index (χ0n) is 16.3. The van der Waals surface area contributed by atoms with Gasteiger partial charge in [-0.1, -0.05) is 34.8 Å². The van der Waals surface area contributed by atoms with Crippen LogP contribution < -0.4 is 9.47 Å². The zero-order chi connectivity index (χ0) is 21.7. The average Bonchev–Trinajstić information content (AvgIpc) is 3.22. The molecule has 0 bridgehead atoms. The van der Waals surface area contributed by atoms with Gasteiger partial charge >= 0.3 is 0 Å². The number of rotatable bonds is 3. The maximum absolute atomic E-state index is 10.6. The summed E-state index contributed by atoms with van der Waals surface area (Å²) in [6.45, 7) is 0. The third-order valence-corrected chi connectivity index (χ3v) is 6.24. The fourth-order valence-corrected chi connectivity index (χ4v) is 4.69. The Hall–Kier alpha value is -2.60. The Morgan fingerprint density at radius 2 is 1.74 bits per heavy atom. The molecule has 5 nitrogen and oxygen atoms in total. The molecule has 5 rings (SSSR count). The maximum Gasteiger partial charge on any atom is 0.217 e. The zero-order valence-corrected chi connectivity index (χ0v) is 18.6. The summed E-state index contributed by atoms with van der Waals surface area (Å²) in [6.07, 6.45) is -0.0557. The lowest BCUT2D eigenvalue weighted by atomic mass is 9.95. The van der Waals surface area contributed by atoms with Crippen molar-refractivity contribution in [3.63, 3.8) is 0 Å². The third-order valence-electron chi connectivity index (χ3n) is 5.50. The van der Waals surface area contributed by atoms with Crippen molar-refractivity contribution in [2.24, 2.45) is 5.10 Å². The lowest BCUT2D eigenvalue weighted by Crippen LogP contribution is -2.33. The van der Waals surface area contributed by atoms with Gasteiger partial charge < -0.3 is 14.6 Å². The number of hydrogen-bond donors (Lipinski definition) is 1. The molecule has 2 atom stereocenters. The van der Waals surface area contributed by atoms with Crippen molar-refractivity contribution < 1.29 is 14.6 Å². The van der Waals surface area contributed by atoms with Gasteiger partial charge in [0.25, 0.3) is 0 Å². The number of methoxy groups -OCH3 is 1. The van der Waals surface area contributed by atoms with Crippen molar-refractivity contribution in [3.05, 3.63) is 86.4 Å². The molecule has 0 saturated heterocycles. The van der Waals surface area contributed by atoms with Gasteiger partial charge in [0.2, 0.25) is 6.23 Å². The Balaban J connectivity index is 1.62. The van der Waals surface area contributed by atoms with Crippen LogP contribution in [0.5, 0.6) is 17.2 Å². The van der Waals surface area contributed by atoms with Gasteiger partial charge in [0.05, 0.1) is 29.4 Å². The molecule has 3 aromatic carbocycles. The number of nitrogens with zero attached hydrogens (tertiary/aromatic N) is 2. The molecule has 0 amide bonds. The standard InChI is InChI=1S/C23H17Cl3N2O3/c1-30-15-5-2-12(3-6-15)19-11-20-16-8-13(24)4-7-21(16)31-23(28(20)27-19)17-9-14(25)10-18(26)22(17)29/h2-10,20,23,29H,11H2,1H3/t20-,23-/m1/s1. The van der Waals surface area contributed by atoms with Crippen LogP contribution in [0.25, 0.3) is 0 Å². The Bertz CT molecular complexity index is 1200. The van der Waals surface area contributed by atoms with E-state index < -0.39 is 6.23 Å². The first-order chi connectivity index (χ1) is 14.9. The van der Waals surface area contributed by atoms with Crippen LogP contribution in [0.15, 0.2) is 59.7 Å². The number of aromatic hydroxyl groups is 1. The van der Waals surface area contributed by atoms with Crippen LogP contribution in [-0.2, 0) is 0 Å². The predicted molar refractivity (Wildman–Crippen MR) is 122 cm³/mol. The van der Waals surface area contributed by atoms with E-state index >= 15 is 0 Å². The molecule has 3 aromatic rings. The minimum atomic E-state index is -0.703. The highest BCUT2D eigenvalue weighted by atomic mass is 35.5. The fourth-order valence-electron chi connectivity index (χ4n) is 4.00. The van der Waals surface area contributed by atoms with Gasteiger partial charge in [-0.25, -0.2) is 5.01 Å². The molecule has 0 unspecified atom stereocenters. The molecule has 0 saturated carbocycles. The van der Waals surface area contributed by atoms with E-state index in [1.807, 2.05) is 41.4 Å². The first-order valence-electron chi connectivity index (χ1n) is 9.59. The van der Waals surface area contributed by atoms with E-state index in [4.69, 9.17) is 49.4 Å². The van der Waals surface area contributed by atoms with Crippen LogP contribution in [0.2, 0.25) is 15.1 Å². The fraction of sp³-hybridized carbons (Fsp3) is 0.174. The summed E-state index contributed by atoms with van der Waals surface area (Å²) >= 11 is 18.7. The van der Waals surface area contributed by atoms with E-state index in [9.17, 15) is 5.11 Å². The minimum absolute atomic E-state index is 0.0830. The third kappa shape index (κ3) is 3.57. The van der Waals surface area contributed by atoms with E-state index in [0.29, 0.717) is 27.8 Å². The van der Waals surface area contributed by atoms with Gasteiger partial charge in [-0.2, -0.15) is 5.10 Å². The predicted octanol–water partition coefficient (Wildman–Crippen LogP) is 6.60. The summed E-state index contributed by atoms with van der Waals surface area (Å²) in [5.41, 5.74) is 3.25. The molecule has 31 heavy (non-hydrogen) atoms. The van der Waals surface area contributed by atoms with E-state index in [2.05, 4.69) is 0 Å². The van der Waals surface area contributed by atoms with Gasteiger partial charge in [-0.15, -0.1) is 0 Å². The smallest absolute Gasteiger partial charge is 0.217 e. The topological polar surface area (TPSA) is 54.3 Å². The molecule has 0 spiro atoms. The summed E-state index contributed by atoms with van der Waals surface area (Å²) in [5, 5.41) is 18.5. The van der Waals surface area contributed by atoms with Crippen LogP contribution in [0.4, 0.5) is 0 Å². The quantitative estimate of drug-likeness (QED) is 0.463. The molecular weight excluding hydrogens is 459 g/mol. The van der Waals surface area contributed by atoms with Crippen molar-refractivity contribution in [1.29, 1.82) is 0 Å². The molecular formula is C23H17Cl3N2O3. The van der Waals surface area contributed by atoms with Crippen LogP contribution in [0.1, 0.15) is 35.4 Å². The molecule has 0 fully saturated rings. The summed E-state index contributed by atoms with van der Waals surface area (Å²) in [5.74, 6) is 1.37.